The molecular formula is C24H28N4O6. The average molecular weight is 469 g/mol. The zero-order valence-electron chi connectivity index (χ0n) is 19.0. The Morgan fingerprint density at radius 3 is 2.59 bits per heavy atom. The lowest BCUT2D eigenvalue weighted by Gasteiger charge is -2.26. The van der Waals surface area contributed by atoms with Crippen LogP contribution in [0.5, 0.6) is 5.75 Å². The van der Waals surface area contributed by atoms with Crippen LogP contribution in [0.1, 0.15) is 22.3 Å². The van der Waals surface area contributed by atoms with Gasteiger partial charge in [0.1, 0.15) is 11.4 Å². The van der Waals surface area contributed by atoms with Crippen LogP contribution in [0, 0.1) is 10.1 Å². The summed E-state index contributed by atoms with van der Waals surface area (Å²) < 4.78 is 10.4. The minimum Gasteiger partial charge on any atom is -0.497 e. The fraction of sp³-hybridized carbons (Fsp3) is 0.333. The van der Waals surface area contributed by atoms with Crippen molar-refractivity contribution < 1.29 is 24.0 Å². The van der Waals surface area contributed by atoms with E-state index in [-0.39, 0.29) is 11.4 Å². The number of nitro benzene ring substituents is 1. The Kier molecular flexibility index (Phi) is 9.12. The number of carbonyl (C=O) groups excluding carboxylic acids is 2. The third-order valence-corrected chi connectivity index (χ3v) is 5.28. The molecule has 0 bridgehead atoms. The fourth-order valence-electron chi connectivity index (χ4n) is 3.41. The summed E-state index contributed by atoms with van der Waals surface area (Å²) >= 11 is 0. The highest BCUT2D eigenvalue weighted by Gasteiger charge is 2.16. The summed E-state index contributed by atoms with van der Waals surface area (Å²) in [5, 5.41) is 16.6. The zero-order valence-corrected chi connectivity index (χ0v) is 19.0. The van der Waals surface area contributed by atoms with Crippen LogP contribution in [0.25, 0.3) is 6.08 Å². The molecular weight excluding hydrogens is 440 g/mol. The van der Waals surface area contributed by atoms with Gasteiger partial charge in [0.25, 0.3) is 17.5 Å². The number of rotatable bonds is 10. The van der Waals surface area contributed by atoms with Crippen LogP contribution in [0.3, 0.4) is 0 Å². The first-order valence-electron chi connectivity index (χ1n) is 11.0. The number of carbonyl (C=O) groups is 2. The topological polar surface area (TPSA) is 123 Å². The highest BCUT2D eigenvalue weighted by atomic mass is 16.6. The first-order valence-corrected chi connectivity index (χ1v) is 11.0. The number of ether oxygens (including phenoxy) is 2. The van der Waals surface area contributed by atoms with Crippen molar-refractivity contribution >= 4 is 23.6 Å². The van der Waals surface area contributed by atoms with Crippen LogP contribution in [0.4, 0.5) is 5.69 Å². The number of nitro groups is 1. The Balaban J connectivity index is 1.70. The van der Waals surface area contributed by atoms with E-state index in [0.29, 0.717) is 36.6 Å². The molecule has 2 aromatic rings. The minimum absolute atomic E-state index is 0.00677. The van der Waals surface area contributed by atoms with Gasteiger partial charge in [-0.25, -0.2) is 0 Å². The largest absolute Gasteiger partial charge is 0.497 e. The number of hydrogen-bond acceptors (Lipinski definition) is 7. The molecule has 3 rings (SSSR count). The molecule has 10 nitrogen and oxygen atoms in total. The standard InChI is InChI=1S/C24H28N4O6/c1-33-21-8-6-19(7-9-21)23(29)26-22(17-18-4-2-5-20(16-18)28(31)32)24(30)25-10-3-11-27-12-14-34-15-13-27/h2,4-9,16-17H,3,10-15H2,1H3,(H,25,30)(H,26,29)/b22-17-. The number of nitrogens with one attached hydrogen (secondary N) is 2. The van der Waals surface area contributed by atoms with Crippen molar-refractivity contribution in [3.8, 4) is 5.75 Å². The highest BCUT2D eigenvalue weighted by Crippen LogP contribution is 2.16. The molecule has 34 heavy (non-hydrogen) atoms. The lowest BCUT2D eigenvalue weighted by molar-refractivity contribution is -0.384. The van der Waals surface area contributed by atoms with Crippen LogP contribution >= 0.6 is 0 Å². The predicted molar refractivity (Wildman–Crippen MR) is 126 cm³/mol. The van der Waals surface area contributed by atoms with Gasteiger partial charge in [-0.05, 0) is 48.9 Å². The molecule has 0 unspecified atom stereocenters. The molecule has 1 fully saturated rings. The molecule has 180 valence electrons. The van der Waals surface area contributed by atoms with E-state index in [0.717, 1.165) is 26.1 Å². The molecule has 2 N–H and O–H groups in total. The second kappa shape index (κ2) is 12.5. The molecule has 0 atom stereocenters. The number of non-ortho nitro benzene ring substituents is 1. The van der Waals surface area contributed by atoms with Gasteiger partial charge in [0.05, 0.1) is 25.2 Å². The molecule has 2 amide bonds. The highest BCUT2D eigenvalue weighted by molar-refractivity contribution is 6.05. The van der Waals surface area contributed by atoms with Crippen molar-refractivity contribution in [2.24, 2.45) is 0 Å². The Hall–Kier alpha value is -3.76. The lowest BCUT2D eigenvalue weighted by atomic mass is 10.1. The van der Waals surface area contributed by atoms with Crippen LogP contribution in [0.15, 0.2) is 54.2 Å². The van der Waals surface area contributed by atoms with E-state index in [9.17, 15) is 19.7 Å². The molecule has 1 saturated heterocycles. The Morgan fingerprint density at radius 1 is 1.18 bits per heavy atom. The third kappa shape index (κ3) is 7.39. The third-order valence-electron chi connectivity index (χ3n) is 5.28. The molecule has 2 aromatic carbocycles. The van der Waals surface area contributed by atoms with Crippen LogP contribution in [0.2, 0.25) is 0 Å². The summed E-state index contributed by atoms with van der Waals surface area (Å²) in [5.41, 5.74) is 0.641. The molecule has 1 aliphatic heterocycles. The molecule has 0 spiro atoms. The Labute approximate surface area is 197 Å². The smallest absolute Gasteiger partial charge is 0.270 e. The zero-order chi connectivity index (χ0) is 24.3. The number of methoxy groups -OCH3 is 1. The summed E-state index contributed by atoms with van der Waals surface area (Å²) in [4.78, 5) is 38.5. The fourth-order valence-corrected chi connectivity index (χ4v) is 3.41. The number of amides is 2. The summed E-state index contributed by atoms with van der Waals surface area (Å²) in [5.74, 6) is -0.361. The molecule has 0 aromatic heterocycles. The summed E-state index contributed by atoms with van der Waals surface area (Å²) in [6.07, 6.45) is 2.16. The van der Waals surface area contributed by atoms with Gasteiger partial charge in [-0.1, -0.05) is 12.1 Å². The molecule has 1 aliphatic rings. The van der Waals surface area contributed by atoms with E-state index in [1.54, 1.807) is 30.3 Å². The van der Waals surface area contributed by atoms with Crippen LogP contribution in [-0.2, 0) is 9.53 Å². The van der Waals surface area contributed by atoms with Crippen molar-refractivity contribution in [2.75, 3.05) is 46.5 Å². The Morgan fingerprint density at radius 2 is 1.91 bits per heavy atom. The summed E-state index contributed by atoms with van der Waals surface area (Å²) in [6.45, 7) is 4.39. The lowest BCUT2D eigenvalue weighted by Crippen LogP contribution is -2.39. The van der Waals surface area contributed by atoms with Gasteiger partial charge in [0.15, 0.2) is 0 Å². The van der Waals surface area contributed by atoms with Crippen LogP contribution < -0.4 is 15.4 Å². The Bertz CT molecular complexity index is 1030. The number of nitrogens with zero attached hydrogens (tertiary/aromatic N) is 2. The monoisotopic (exact) mass is 468 g/mol. The van der Waals surface area contributed by atoms with E-state index in [4.69, 9.17) is 9.47 Å². The van der Waals surface area contributed by atoms with Gasteiger partial charge in [0, 0.05) is 37.3 Å². The maximum absolute atomic E-state index is 12.9. The quantitative estimate of drug-likeness (QED) is 0.237. The van der Waals surface area contributed by atoms with Crippen molar-refractivity contribution in [2.45, 2.75) is 6.42 Å². The van der Waals surface area contributed by atoms with Crippen molar-refractivity contribution in [3.05, 3.63) is 75.5 Å². The predicted octanol–water partition coefficient (Wildman–Crippen LogP) is 2.21. The van der Waals surface area contributed by atoms with E-state index < -0.39 is 16.7 Å². The first kappa shape index (κ1) is 24.9. The van der Waals surface area contributed by atoms with Crippen molar-refractivity contribution in [1.29, 1.82) is 0 Å². The van der Waals surface area contributed by atoms with Crippen molar-refractivity contribution in [3.63, 3.8) is 0 Å². The maximum atomic E-state index is 12.9. The minimum atomic E-state index is -0.515. The second-order valence-electron chi connectivity index (χ2n) is 7.66. The van der Waals surface area contributed by atoms with Crippen LogP contribution in [-0.4, -0.2) is 68.1 Å². The SMILES string of the molecule is COc1ccc(C(=O)N/C(=C\c2cccc([N+](=O)[O-])c2)C(=O)NCCCN2CCOCC2)cc1. The van der Waals surface area contributed by atoms with Crippen molar-refractivity contribution in [1.82, 2.24) is 15.5 Å². The summed E-state index contributed by atoms with van der Waals surface area (Å²) in [6, 6.07) is 12.3. The number of benzene rings is 2. The van der Waals surface area contributed by atoms with E-state index >= 15 is 0 Å². The molecule has 0 saturated carbocycles. The summed E-state index contributed by atoms with van der Waals surface area (Å²) in [7, 11) is 1.53. The van der Waals surface area contributed by atoms with Gasteiger partial charge < -0.3 is 20.1 Å². The van der Waals surface area contributed by atoms with E-state index in [2.05, 4.69) is 15.5 Å². The van der Waals surface area contributed by atoms with Gasteiger partial charge >= 0.3 is 0 Å². The number of morpholine rings is 1. The van der Waals surface area contributed by atoms with Gasteiger partial charge in [-0.2, -0.15) is 0 Å². The van der Waals surface area contributed by atoms with E-state index in [1.807, 2.05) is 0 Å². The number of hydrogen-bond donors (Lipinski definition) is 2. The maximum Gasteiger partial charge on any atom is 0.270 e. The van der Waals surface area contributed by atoms with Gasteiger partial charge in [-0.15, -0.1) is 0 Å². The van der Waals surface area contributed by atoms with Gasteiger partial charge in [0.2, 0.25) is 0 Å². The normalized spacial score (nSPS) is 14.3. The molecule has 0 radical (unpaired) electrons. The average Bonchev–Trinajstić information content (AvgIpc) is 2.87. The first-order chi connectivity index (χ1) is 16.5. The van der Waals surface area contributed by atoms with Gasteiger partial charge in [-0.3, -0.25) is 24.6 Å². The molecule has 0 aliphatic carbocycles. The van der Waals surface area contributed by atoms with E-state index in [1.165, 1.54) is 31.4 Å². The molecule has 10 heteroatoms. The second-order valence-corrected chi connectivity index (χ2v) is 7.66. The molecule has 1 heterocycles.